The molecule has 0 aliphatic heterocycles. The molecule has 33 heavy (non-hydrogen) atoms. The van der Waals surface area contributed by atoms with Gasteiger partial charge in [-0.15, -0.1) is 0 Å². The average molecular weight is 468 g/mol. The topological polar surface area (TPSA) is 46.9 Å². The summed E-state index contributed by atoms with van der Waals surface area (Å²) in [4.78, 5) is 13.4. The highest BCUT2D eigenvalue weighted by Gasteiger charge is 2.46. The van der Waals surface area contributed by atoms with Gasteiger partial charge >= 0.3 is 0 Å². The van der Waals surface area contributed by atoms with Gasteiger partial charge in [-0.1, -0.05) is 17.7 Å². The molecular weight excluding hydrogens is 444 g/mol. The Morgan fingerprint density at radius 2 is 1.61 bits per heavy atom. The van der Waals surface area contributed by atoms with Gasteiger partial charge in [0.15, 0.2) is 5.69 Å². The number of rotatable bonds is 4. The highest BCUT2D eigenvalue weighted by molar-refractivity contribution is 6.30. The normalized spacial score (nSPS) is 25.1. The van der Waals surface area contributed by atoms with Crippen LogP contribution in [0.3, 0.4) is 0 Å². The summed E-state index contributed by atoms with van der Waals surface area (Å²) < 4.78 is 30.1. The molecule has 1 N–H and O–H groups in total. The third-order valence-electron chi connectivity index (χ3n) is 7.67. The molecule has 1 heterocycles. The van der Waals surface area contributed by atoms with Crippen molar-refractivity contribution in [1.82, 2.24) is 15.1 Å². The second-order valence-electron chi connectivity index (χ2n) is 9.72. The number of nitrogens with zero attached hydrogens (tertiary/aromatic N) is 2. The Labute approximate surface area is 195 Å². The maximum atomic E-state index is 14.1. The second-order valence-corrected chi connectivity index (χ2v) is 10.2. The van der Waals surface area contributed by atoms with Crippen molar-refractivity contribution >= 4 is 17.5 Å². The number of carbonyl (C=O) groups excluding carboxylic acids is 1. The zero-order valence-electron chi connectivity index (χ0n) is 18.0. The number of hydrogen-bond acceptors (Lipinski definition) is 2. The Morgan fingerprint density at radius 3 is 2.27 bits per heavy atom. The SMILES string of the molecule is O=C(NCc1c(F)cccc1F)c1nn(-c2ccc(Cl)cc2)c2c1C1CC3CC(C1)CC2C3. The fraction of sp³-hybridized carbons (Fsp3) is 0.385. The van der Waals surface area contributed by atoms with Gasteiger partial charge in [-0.3, -0.25) is 4.79 Å². The van der Waals surface area contributed by atoms with E-state index in [1.54, 1.807) is 0 Å². The minimum Gasteiger partial charge on any atom is -0.346 e. The summed E-state index contributed by atoms with van der Waals surface area (Å²) >= 11 is 6.11. The summed E-state index contributed by atoms with van der Waals surface area (Å²) in [5.74, 6) is 0.300. The van der Waals surface area contributed by atoms with E-state index < -0.39 is 11.6 Å². The van der Waals surface area contributed by atoms with Gasteiger partial charge in [-0.05, 0) is 86.3 Å². The van der Waals surface area contributed by atoms with E-state index >= 15 is 0 Å². The van der Waals surface area contributed by atoms with Gasteiger partial charge in [-0.2, -0.15) is 5.10 Å². The molecule has 2 saturated carbocycles. The number of halogens is 3. The van der Waals surface area contributed by atoms with Crippen molar-refractivity contribution in [2.75, 3.05) is 0 Å². The van der Waals surface area contributed by atoms with Crippen LogP contribution in [0, 0.1) is 23.5 Å². The first-order chi connectivity index (χ1) is 16.0. The quantitative estimate of drug-likeness (QED) is 0.502. The van der Waals surface area contributed by atoms with E-state index in [0.29, 0.717) is 34.4 Å². The predicted molar refractivity (Wildman–Crippen MR) is 122 cm³/mol. The molecule has 170 valence electrons. The predicted octanol–water partition coefficient (Wildman–Crippen LogP) is 6.12. The van der Waals surface area contributed by atoms with Crippen molar-refractivity contribution in [3.05, 3.63) is 81.6 Å². The molecule has 1 amide bonds. The highest BCUT2D eigenvalue weighted by Crippen LogP contribution is 2.57. The van der Waals surface area contributed by atoms with Crippen LogP contribution in [0.5, 0.6) is 0 Å². The number of carbonyl (C=O) groups is 1. The molecule has 0 radical (unpaired) electrons. The van der Waals surface area contributed by atoms with E-state index in [9.17, 15) is 13.6 Å². The third-order valence-corrected chi connectivity index (χ3v) is 7.92. The molecule has 3 aromatic rings. The Morgan fingerprint density at radius 1 is 0.970 bits per heavy atom. The van der Waals surface area contributed by atoms with E-state index in [2.05, 4.69) is 5.32 Å². The number of aromatic nitrogens is 2. The Bertz CT molecular complexity index is 1200. The Balaban J connectivity index is 1.42. The summed E-state index contributed by atoms with van der Waals surface area (Å²) in [6.07, 6.45) is 5.68. The Kier molecular flexibility index (Phi) is 5.02. The molecule has 4 aliphatic carbocycles. The van der Waals surface area contributed by atoms with Gasteiger partial charge in [0.2, 0.25) is 0 Å². The van der Waals surface area contributed by atoms with E-state index in [-0.39, 0.29) is 18.0 Å². The minimum atomic E-state index is -0.670. The van der Waals surface area contributed by atoms with Crippen molar-refractivity contribution in [3.63, 3.8) is 0 Å². The van der Waals surface area contributed by atoms with Crippen molar-refractivity contribution in [3.8, 4) is 5.69 Å². The molecule has 4 aliphatic rings. The van der Waals surface area contributed by atoms with Crippen LogP contribution in [0.25, 0.3) is 5.69 Å². The van der Waals surface area contributed by atoms with E-state index in [1.165, 1.54) is 24.6 Å². The van der Waals surface area contributed by atoms with E-state index in [1.807, 2.05) is 28.9 Å². The van der Waals surface area contributed by atoms with E-state index in [0.717, 1.165) is 42.6 Å². The average Bonchev–Trinajstić information content (AvgIpc) is 3.11. The molecule has 4 nitrogen and oxygen atoms in total. The van der Waals surface area contributed by atoms with Gasteiger partial charge in [0, 0.05) is 28.6 Å². The van der Waals surface area contributed by atoms with Crippen LogP contribution in [-0.4, -0.2) is 15.7 Å². The van der Waals surface area contributed by atoms with Crippen molar-refractivity contribution in [2.45, 2.75) is 50.5 Å². The highest BCUT2D eigenvalue weighted by atomic mass is 35.5. The lowest BCUT2D eigenvalue weighted by molar-refractivity contribution is 0.0941. The zero-order valence-corrected chi connectivity index (χ0v) is 18.8. The van der Waals surface area contributed by atoms with Crippen LogP contribution < -0.4 is 5.32 Å². The molecule has 0 spiro atoms. The molecule has 0 saturated heterocycles. The van der Waals surface area contributed by atoms with Gasteiger partial charge in [0.05, 0.1) is 11.4 Å². The van der Waals surface area contributed by atoms with Crippen LogP contribution in [0.1, 0.15) is 71.2 Å². The lowest BCUT2D eigenvalue weighted by Crippen LogP contribution is -2.28. The van der Waals surface area contributed by atoms with Crippen LogP contribution in [0.4, 0.5) is 8.78 Å². The number of benzene rings is 2. The first kappa shape index (κ1) is 20.8. The summed E-state index contributed by atoms with van der Waals surface area (Å²) in [6.45, 7) is -0.223. The first-order valence-corrected chi connectivity index (χ1v) is 12.0. The van der Waals surface area contributed by atoms with Crippen LogP contribution >= 0.6 is 11.6 Å². The number of hydrogen-bond donors (Lipinski definition) is 1. The molecule has 2 atom stereocenters. The fourth-order valence-corrected chi connectivity index (χ4v) is 6.57. The van der Waals surface area contributed by atoms with Crippen LogP contribution in [0.15, 0.2) is 42.5 Å². The summed E-state index contributed by atoms with van der Waals surface area (Å²) in [6, 6.07) is 11.2. The largest absolute Gasteiger partial charge is 0.346 e. The molecule has 4 bridgehead atoms. The monoisotopic (exact) mass is 467 g/mol. The van der Waals surface area contributed by atoms with Crippen LogP contribution in [0.2, 0.25) is 5.02 Å². The van der Waals surface area contributed by atoms with Gasteiger partial charge in [0.1, 0.15) is 11.6 Å². The van der Waals surface area contributed by atoms with Crippen molar-refractivity contribution in [1.29, 1.82) is 0 Å². The lowest BCUT2D eigenvalue weighted by Gasteiger charge is -2.38. The van der Waals surface area contributed by atoms with Gasteiger partial charge in [-0.25, -0.2) is 13.5 Å². The zero-order chi connectivity index (χ0) is 22.7. The molecular formula is C26H24ClF2N3O. The summed E-state index contributed by atoms with van der Waals surface area (Å²) in [5, 5.41) is 8.16. The summed E-state index contributed by atoms with van der Waals surface area (Å²) in [5.41, 5.74) is 3.28. The number of nitrogens with one attached hydrogen (secondary N) is 1. The van der Waals surface area contributed by atoms with Crippen molar-refractivity contribution in [2.24, 2.45) is 11.8 Å². The third kappa shape index (κ3) is 3.55. The van der Waals surface area contributed by atoms with E-state index in [4.69, 9.17) is 16.7 Å². The smallest absolute Gasteiger partial charge is 0.272 e. The molecule has 2 fully saturated rings. The lowest BCUT2D eigenvalue weighted by atomic mass is 9.67. The first-order valence-electron chi connectivity index (χ1n) is 11.6. The van der Waals surface area contributed by atoms with Crippen LogP contribution in [-0.2, 0) is 6.54 Å². The second kappa shape index (κ2) is 7.94. The van der Waals surface area contributed by atoms with Gasteiger partial charge in [0.25, 0.3) is 5.91 Å². The maximum absolute atomic E-state index is 14.1. The Hall–Kier alpha value is -2.73. The maximum Gasteiger partial charge on any atom is 0.272 e. The summed E-state index contributed by atoms with van der Waals surface area (Å²) in [7, 11) is 0. The number of amides is 1. The molecule has 1 aromatic heterocycles. The molecule has 7 heteroatoms. The molecule has 2 aromatic carbocycles. The minimum absolute atomic E-state index is 0.144. The molecule has 2 unspecified atom stereocenters. The standard InChI is InChI=1S/C26H24ClF2N3O/c27-18-4-6-19(7-5-18)32-25-17-11-14-8-15(12-17)10-16(9-14)23(25)24(31-32)26(33)30-13-20-21(28)2-1-3-22(20)29/h1-7,14-17H,8-13H2,(H,30,33). The fourth-order valence-electron chi connectivity index (χ4n) is 6.45. The van der Waals surface area contributed by atoms with Crippen molar-refractivity contribution < 1.29 is 13.6 Å². The van der Waals surface area contributed by atoms with Gasteiger partial charge < -0.3 is 5.32 Å². The molecule has 7 rings (SSSR count).